The quantitative estimate of drug-likeness (QED) is 0.624. The minimum Gasteiger partial charge on any atom is -0.227 e. The van der Waals surface area contributed by atoms with Crippen LogP contribution in [0, 0.1) is 12.8 Å². The van der Waals surface area contributed by atoms with E-state index in [4.69, 9.17) is 0 Å². The van der Waals surface area contributed by atoms with E-state index in [-0.39, 0.29) is 0 Å². The fraction of sp³-hybridized carbons (Fsp3) is 0.636. The van der Waals surface area contributed by atoms with E-state index in [1.54, 1.807) is 0 Å². The first-order valence-corrected chi connectivity index (χ1v) is 7.16. The Kier molecular flexibility index (Phi) is 4.03. The molecular weight excluding hydrogens is 272 g/mol. The standard InChI is InChI=1S/C11H15BrN2S/c1-8-13-10(12)6-11(14-8)15-7-9-4-2-3-5-9/h6,9H,2-5,7H2,1H3. The smallest absolute Gasteiger partial charge is 0.127 e. The number of halogens is 1. The van der Waals surface area contributed by atoms with Gasteiger partial charge in [0.2, 0.25) is 0 Å². The van der Waals surface area contributed by atoms with E-state index in [1.807, 2.05) is 24.8 Å². The first-order chi connectivity index (χ1) is 7.24. The van der Waals surface area contributed by atoms with Crippen LogP contribution in [0.25, 0.3) is 0 Å². The summed E-state index contributed by atoms with van der Waals surface area (Å²) in [5.41, 5.74) is 0. The molecule has 82 valence electrons. The molecule has 0 N–H and O–H groups in total. The molecule has 0 amide bonds. The highest BCUT2D eigenvalue weighted by molar-refractivity contribution is 9.10. The van der Waals surface area contributed by atoms with Crippen molar-refractivity contribution in [2.75, 3.05) is 5.75 Å². The van der Waals surface area contributed by atoms with Gasteiger partial charge < -0.3 is 0 Å². The molecule has 0 atom stereocenters. The van der Waals surface area contributed by atoms with Crippen molar-refractivity contribution in [3.63, 3.8) is 0 Å². The Labute approximate surface area is 103 Å². The van der Waals surface area contributed by atoms with Crippen molar-refractivity contribution in [3.8, 4) is 0 Å². The highest BCUT2D eigenvalue weighted by atomic mass is 79.9. The predicted molar refractivity (Wildman–Crippen MR) is 67.2 cm³/mol. The van der Waals surface area contributed by atoms with Crippen molar-refractivity contribution in [2.24, 2.45) is 5.92 Å². The summed E-state index contributed by atoms with van der Waals surface area (Å²) >= 11 is 5.27. The van der Waals surface area contributed by atoms with Crippen molar-refractivity contribution in [3.05, 3.63) is 16.5 Å². The maximum Gasteiger partial charge on any atom is 0.127 e. The molecule has 0 aromatic carbocycles. The first-order valence-electron chi connectivity index (χ1n) is 5.38. The van der Waals surface area contributed by atoms with Gasteiger partial charge in [-0.3, -0.25) is 0 Å². The summed E-state index contributed by atoms with van der Waals surface area (Å²) in [6.45, 7) is 1.93. The third-order valence-electron chi connectivity index (χ3n) is 2.72. The molecule has 2 nitrogen and oxygen atoms in total. The maximum atomic E-state index is 4.42. The third-order valence-corrected chi connectivity index (χ3v) is 4.27. The Hall–Kier alpha value is -0.0900. The summed E-state index contributed by atoms with van der Waals surface area (Å²) in [6, 6.07) is 2.01. The van der Waals surface area contributed by atoms with Crippen LogP contribution in [0.15, 0.2) is 15.7 Å². The molecule has 0 aliphatic heterocycles. The van der Waals surface area contributed by atoms with Gasteiger partial charge in [-0.15, -0.1) is 11.8 Å². The van der Waals surface area contributed by atoms with E-state index in [0.717, 1.165) is 21.4 Å². The van der Waals surface area contributed by atoms with Crippen LogP contribution < -0.4 is 0 Å². The van der Waals surface area contributed by atoms with E-state index in [1.165, 1.54) is 31.4 Å². The second-order valence-corrected chi connectivity index (χ2v) is 5.89. The fourth-order valence-electron chi connectivity index (χ4n) is 1.96. The highest BCUT2D eigenvalue weighted by Gasteiger charge is 2.15. The number of rotatable bonds is 3. The minimum absolute atomic E-state index is 0.846. The largest absolute Gasteiger partial charge is 0.227 e. The molecule has 0 unspecified atom stereocenters. The number of aromatic nitrogens is 2. The molecule has 1 aromatic heterocycles. The highest BCUT2D eigenvalue weighted by Crippen LogP contribution is 2.30. The lowest BCUT2D eigenvalue weighted by Crippen LogP contribution is -1.98. The zero-order chi connectivity index (χ0) is 10.7. The van der Waals surface area contributed by atoms with Crippen molar-refractivity contribution < 1.29 is 0 Å². The van der Waals surface area contributed by atoms with Crippen LogP contribution in [-0.2, 0) is 0 Å². The first kappa shape index (κ1) is 11.4. The molecule has 1 aliphatic carbocycles. The topological polar surface area (TPSA) is 25.8 Å². The van der Waals surface area contributed by atoms with E-state index in [2.05, 4.69) is 25.9 Å². The zero-order valence-electron chi connectivity index (χ0n) is 8.87. The number of nitrogens with zero attached hydrogens (tertiary/aromatic N) is 2. The zero-order valence-corrected chi connectivity index (χ0v) is 11.3. The molecule has 4 heteroatoms. The second kappa shape index (κ2) is 5.30. The normalized spacial score (nSPS) is 17.2. The lowest BCUT2D eigenvalue weighted by molar-refractivity contribution is 0.622. The van der Waals surface area contributed by atoms with Gasteiger partial charge in [-0.2, -0.15) is 0 Å². The van der Waals surface area contributed by atoms with Gasteiger partial charge in [0.1, 0.15) is 15.5 Å². The van der Waals surface area contributed by atoms with Gasteiger partial charge in [0, 0.05) is 11.8 Å². The average Bonchev–Trinajstić information content (AvgIpc) is 2.65. The predicted octanol–water partition coefficient (Wildman–Crippen LogP) is 3.83. The minimum atomic E-state index is 0.846. The van der Waals surface area contributed by atoms with Gasteiger partial charge in [-0.1, -0.05) is 12.8 Å². The van der Waals surface area contributed by atoms with Crippen molar-refractivity contribution in [1.29, 1.82) is 0 Å². The van der Waals surface area contributed by atoms with Gasteiger partial charge >= 0.3 is 0 Å². The maximum absolute atomic E-state index is 4.42. The second-order valence-electron chi connectivity index (χ2n) is 4.04. The van der Waals surface area contributed by atoms with Crippen LogP contribution >= 0.6 is 27.7 Å². The number of hydrogen-bond acceptors (Lipinski definition) is 3. The molecule has 1 saturated carbocycles. The Bertz CT molecular complexity index is 317. The van der Waals surface area contributed by atoms with Gasteiger partial charge in [0.05, 0.1) is 0 Å². The molecule has 0 radical (unpaired) electrons. The van der Waals surface area contributed by atoms with Crippen LogP contribution in [0.4, 0.5) is 0 Å². The summed E-state index contributed by atoms with van der Waals surface area (Å²) in [7, 11) is 0. The lowest BCUT2D eigenvalue weighted by Gasteiger charge is -2.07. The van der Waals surface area contributed by atoms with Crippen molar-refractivity contribution in [1.82, 2.24) is 9.97 Å². The van der Waals surface area contributed by atoms with Gasteiger partial charge in [-0.25, -0.2) is 9.97 Å². The molecule has 0 bridgehead atoms. The molecule has 1 fully saturated rings. The van der Waals surface area contributed by atoms with Crippen LogP contribution in [0.2, 0.25) is 0 Å². The van der Waals surface area contributed by atoms with Crippen LogP contribution in [0.3, 0.4) is 0 Å². The summed E-state index contributed by atoms with van der Waals surface area (Å²) in [4.78, 5) is 8.62. The lowest BCUT2D eigenvalue weighted by atomic mass is 10.1. The van der Waals surface area contributed by atoms with Gasteiger partial charge in [-0.05, 0) is 41.6 Å². The van der Waals surface area contributed by atoms with E-state index in [9.17, 15) is 0 Å². The van der Waals surface area contributed by atoms with Crippen LogP contribution in [0.5, 0.6) is 0 Å². The van der Waals surface area contributed by atoms with E-state index >= 15 is 0 Å². The van der Waals surface area contributed by atoms with Gasteiger partial charge in [0.15, 0.2) is 0 Å². The van der Waals surface area contributed by atoms with Gasteiger partial charge in [0.25, 0.3) is 0 Å². The Balaban J connectivity index is 1.92. The SMILES string of the molecule is Cc1nc(Br)cc(SCC2CCCC2)n1. The summed E-state index contributed by atoms with van der Waals surface area (Å²) in [5, 5.41) is 1.10. The summed E-state index contributed by atoms with van der Waals surface area (Å²) in [6.07, 6.45) is 5.63. The molecule has 0 saturated heterocycles. The number of thioether (sulfide) groups is 1. The van der Waals surface area contributed by atoms with Crippen LogP contribution in [-0.4, -0.2) is 15.7 Å². The third kappa shape index (κ3) is 3.45. The summed E-state index contributed by atoms with van der Waals surface area (Å²) in [5.74, 6) is 2.96. The van der Waals surface area contributed by atoms with E-state index in [0.29, 0.717) is 0 Å². The number of aryl methyl sites for hydroxylation is 1. The number of hydrogen-bond donors (Lipinski definition) is 0. The molecule has 2 rings (SSSR count). The average molecular weight is 287 g/mol. The Morgan fingerprint density at radius 3 is 2.80 bits per heavy atom. The van der Waals surface area contributed by atoms with E-state index < -0.39 is 0 Å². The Morgan fingerprint density at radius 2 is 2.13 bits per heavy atom. The van der Waals surface area contributed by atoms with Crippen molar-refractivity contribution >= 4 is 27.7 Å². The monoisotopic (exact) mass is 286 g/mol. The fourth-order valence-corrected chi connectivity index (χ4v) is 3.72. The van der Waals surface area contributed by atoms with Crippen LogP contribution in [0.1, 0.15) is 31.5 Å². The molecule has 1 aliphatic rings. The molecule has 15 heavy (non-hydrogen) atoms. The van der Waals surface area contributed by atoms with Crippen molar-refractivity contribution in [2.45, 2.75) is 37.6 Å². The Morgan fingerprint density at radius 1 is 1.40 bits per heavy atom. The summed E-state index contributed by atoms with van der Waals surface area (Å²) < 4.78 is 0.893. The molecule has 0 spiro atoms. The molecule has 1 heterocycles. The molecular formula is C11H15BrN2S. The molecule has 1 aromatic rings.